The van der Waals surface area contributed by atoms with E-state index in [1.807, 2.05) is 0 Å². The predicted molar refractivity (Wildman–Crippen MR) is 90.8 cm³/mol. The van der Waals surface area contributed by atoms with Crippen molar-refractivity contribution in [3.63, 3.8) is 0 Å². The number of hydrogen-bond acceptors (Lipinski definition) is 4. The van der Waals surface area contributed by atoms with E-state index in [1.54, 1.807) is 30.3 Å². The van der Waals surface area contributed by atoms with Crippen molar-refractivity contribution in [3.8, 4) is 5.75 Å². The normalized spacial score (nSPS) is 18.2. The van der Waals surface area contributed by atoms with Gasteiger partial charge in [-0.15, -0.1) is 0 Å². The lowest BCUT2D eigenvalue weighted by Gasteiger charge is -2.26. The molecule has 1 aliphatic heterocycles. The minimum Gasteiger partial charge on any atom is -0.435 e. The van der Waals surface area contributed by atoms with E-state index in [0.29, 0.717) is 11.1 Å². The van der Waals surface area contributed by atoms with Crippen molar-refractivity contribution in [1.82, 2.24) is 5.32 Å². The highest BCUT2D eigenvalue weighted by Gasteiger charge is 2.30. The molecular formula is C18H17F2NO4S. The lowest BCUT2D eigenvalue weighted by atomic mass is 10.0. The number of fused-ring (bicyclic) bond motifs is 1. The van der Waals surface area contributed by atoms with Crippen LogP contribution < -0.4 is 10.1 Å². The van der Waals surface area contributed by atoms with E-state index in [2.05, 4.69) is 10.1 Å². The van der Waals surface area contributed by atoms with Crippen LogP contribution in [0.3, 0.4) is 0 Å². The quantitative estimate of drug-likeness (QED) is 0.865. The SMILES string of the molecule is O=C(Cc1ccccc1OC(F)F)NC1CCS(=O)(=O)c2ccccc21. The van der Waals surface area contributed by atoms with Gasteiger partial charge in [-0.25, -0.2) is 8.42 Å². The molecule has 1 amide bonds. The number of ether oxygens (including phenoxy) is 1. The van der Waals surface area contributed by atoms with Crippen LogP contribution in [0.5, 0.6) is 5.75 Å². The third-order valence-electron chi connectivity index (χ3n) is 4.18. The molecule has 1 aliphatic rings. The highest BCUT2D eigenvalue weighted by Crippen LogP contribution is 2.32. The van der Waals surface area contributed by atoms with Crippen molar-refractivity contribution in [2.24, 2.45) is 0 Å². The number of rotatable bonds is 5. The first-order valence-electron chi connectivity index (χ1n) is 8.00. The maximum Gasteiger partial charge on any atom is 0.387 e. The number of para-hydroxylation sites is 1. The summed E-state index contributed by atoms with van der Waals surface area (Å²) in [7, 11) is -3.34. The maximum atomic E-state index is 12.5. The summed E-state index contributed by atoms with van der Waals surface area (Å²) in [6.45, 7) is -2.98. The van der Waals surface area contributed by atoms with E-state index in [4.69, 9.17) is 0 Å². The zero-order valence-corrected chi connectivity index (χ0v) is 14.5. The molecule has 0 saturated heterocycles. The molecule has 0 bridgehead atoms. The Morgan fingerprint density at radius 1 is 1.15 bits per heavy atom. The first kappa shape index (κ1) is 18.3. The van der Waals surface area contributed by atoms with Crippen molar-refractivity contribution >= 4 is 15.7 Å². The van der Waals surface area contributed by atoms with Gasteiger partial charge in [0.1, 0.15) is 5.75 Å². The van der Waals surface area contributed by atoms with Gasteiger partial charge >= 0.3 is 6.61 Å². The molecule has 1 unspecified atom stereocenters. The average Bonchev–Trinajstić information content (AvgIpc) is 2.59. The average molecular weight is 381 g/mol. The molecule has 1 heterocycles. The topological polar surface area (TPSA) is 72.5 Å². The molecule has 1 atom stereocenters. The van der Waals surface area contributed by atoms with Gasteiger partial charge in [-0.1, -0.05) is 36.4 Å². The van der Waals surface area contributed by atoms with E-state index in [0.717, 1.165) is 0 Å². The van der Waals surface area contributed by atoms with E-state index in [9.17, 15) is 22.0 Å². The van der Waals surface area contributed by atoms with Gasteiger partial charge in [0, 0.05) is 5.56 Å². The molecular weight excluding hydrogens is 364 g/mol. The number of benzene rings is 2. The van der Waals surface area contributed by atoms with Gasteiger partial charge in [0.15, 0.2) is 9.84 Å². The third kappa shape index (κ3) is 4.01. The Morgan fingerprint density at radius 3 is 2.62 bits per heavy atom. The number of nitrogens with one attached hydrogen (secondary N) is 1. The van der Waals surface area contributed by atoms with E-state index < -0.39 is 28.4 Å². The summed E-state index contributed by atoms with van der Waals surface area (Å²) in [5.41, 5.74) is 0.881. The molecule has 1 N–H and O–H groups in total. The molecule has 0 saturated carbocycles. The van der Waals surface area contributed by atoms with Crippen molar-refractivity contribution in [1.29, 1.82) is 0 Å². The molecule has 3 rings (SSSR count). The Hall–Kier alpha value is -2.48. The highest BCUT2D eigenvalue weighted by atomic mass is 32.2. The molecule has 2 aromatic rings. The molecule has 0 radical (unpaired) electrons. The van der Waals surface area contributed by atoms with E-state index >= 15 is 0 Å². The number of sulfone groups is 1. The molecule has 26 heavy (non-hydrogen) atoms. The summed E-state index contributed by atoms with van der Waals surface area (Å²) in [5, 5.41) is 2.80. The Bertz CT molecular complexity index is 915. The first-order chi connectivity index (χ1) is 12.4. The number of carbonyl (C=O) groups is 1. The van der Waals surface area contributed by atoms with Gasteiger partial charge < -0.3 is 10.1 Å². The maximum absolute atomic E-state index is 12.5. The molecule has 138 valence electrons. The Kier molecular flexibility index (Phi) is 5.22. The molecule has 0 aliphatic carbocycles. The standard InChI is InChI=1S/C18H17F2NO4S/c19-18(20)25-15-7-3-1-5-12(15)11-17(22)21-14-9-10-26(23,24)16-8-4-2-6-13(14)16/h1-8,14,18H,9-11H2,(H,21,22). The Morgan fingerprint density at radius 2 is 1.85 bits per heavy atom. The minimum atomic E-state index is -3.34. The van der Waals surface area contributed by atoms with Crippen LogP contribution >= 0.6 is 0 Å². The lowest BCUT2D eigenvalue weighted by Crippen LogP contribution is -2.34. The summed E-state index contributed by atoms with van der Waals surface area (Å²) < 4.78 is 53.7. The minimum absolute atomic E-state index is 0.0516. The molecule has 8 heteroatoms. The van der Waals surface area contributed by atoms with Crippen molar-refractivity contribution < 1.29 is 26.7 Å². The van der Waals surface area contributed by atoms with Crippen molar-refractivity contribution in [2.45, 2.75) is 30.4 Å². The zero-order chi connectivity index (χ0) is 18.7. The summed E-state index contributed by atoms with van der Waals surface area (Å²) in [6, 6.07) is 12.2. The Labute approximate surface area is 149 Å². The van der Waals surface area contributed by atoms with Crippen LogP contribution in [0, 0.1) is 0 Å². The number of halogens is 2. The van der Waals surface area contributed by atoms with Crippen LogP contribution in [0.2, 0.25) is 0 Å². The molecule has 0 fully saturated rings. The smallest absolute Gasteiger partial charge is 0.387 e. The van der Waals surface area contributed by atoms with Crippen molar-refractivity contribution in [2.75, 3.05) is 5.75 Å². The predicted octanol–water partition coefficient (Wildman–Crippen LogP) is 2.87. The van der Waals surface area contributed by atoms with Gasteiger partial charge in [-0.3, -0.25) is 4.79 Å². The van der Waals surface area contributed by atoms with Gasteiger partial charge in [-0.05, 0) is 24.1 Å². The lowest BCUT2D eigenvalue weighted by molar-refractivity contribution is -0.121. The van der Waals surface area contributed by atoms with Crippen LogP contribution in [-0.2, 0) is 21.1 Å². The summed E-state index contributed by atoms with van der Waals surface area (Å²) in [5.74, 6) is -0.501. The monoisotopic (exact) mass is 381 g/mol. The Balaban J connectivity index is 1.76. The zero-order valence-electron chi connectivity index (χ0n) is 13.7. The summed E-state index contributed by atoms with van der Waals surface area (Å²) in [6.07, 6.45) is 0.120. The van der Waals surface area contributed by atoms with Gasteiger partial charge in [-0.2, -0.15) is 8.78 Å². The molecule has 2 aromatic carbocycles. The summed E-state index contributed by atoms with van der Waals surface area (Å²) in [4.78, 5) is 12.6. The van der Waals surface area contributed by atoms with Gasteiger partial charge in [0.25, 0.3) is 0 Å². The fourth-order valence-electron chi connectivity index (χ4n) is 3.02. The van der Waals surface area contributed by atoms with Crippen LogP contribution in [0.25, 0.3) is 0 Å². The number of carbonyl (C=O) groups excluding carboxylic acids is 1. The first-order valence-corrected chi connectivity index (χ1v) is 9.66. The second kappa shape index (κ2) is 7.41. The number of amides is 1. The van der Waals surface area contributed by atoms with Crippen LogP contribution in [-0.4, -0.2) is 26.7 Å². The fourth-order valence-corrected chi connectivity index (χ4v) is 4.64. The van der Waals surface area contributed by atoms with Gasteiger partial charge in [0.05, 0.1) is 23.1 Å². The van der Waals surface area contributed by atoms with Gasteiger partial charge in [0.2, 0.25) is 5.91 Å². The number of alkyl halides is 2. The molecule has 0 spiro atoms. The van der Waals surface area contributed by atoms with E-state index in [1.165, 1.54) is 18.2 Å². The highest BCUT2D eigenvalue weighted by molar-refractivity contribution is 7.91. The fraction of sp³-hybridized carbons (Fsp3) is 0.278. The largest absolute Gasteiger partial charge is 0.435 e. The second-order valence-corrected chi connectivity index (χ2v) is 8.01. The number of hydrogen-bond donors (Lipinski definition) is 1. The van der Waals surface area contributed by atoms with Crippen LogP contribution in [0.15, 0.2) is 53.4 Å². The second-order valence-electron chi connectivity index (χ2n) is 5.93. The van der Waals surface area contributed by atoms with Crippen LogP contribution in [0.1, 0.15) is 23.6 Å². The molecule has 0 aromatic heterocycles. The van der Waals surface area contributed by atoms with Crippen LogP contribution in [0.4, 0.5) is 8.78 Å². The van der Waals surface area contributed by atoms with E-state index in [-0.39, 0.29) is 29.2 Å². The molecule has 5 nitrogen and oxygen atoms in total. The summed E-state index contributed by atoms with van der Waals surface area (Å²) >= 11 is 0. The van der Waals surface area contributed by atoms with Crippen molar-refractivity contribution in [3.05, 3.63) is 59.7 Å². The third-order valence-corrected chi connectivity index (χ3v) is 5.99.